The lowest BCUT2D eigenvalue weighted by molar-refractivity contribution is -0.120. The lowest BCUT2D eigenvalue weighted by Gasteiger charge is -2.21. The molecule has 0 aliphatic heterocycles. The van der Waals surface area contributed by atoms with Crippen molar-refractivity contribution in [2.75, 3.05) is 23.7 Å². The fraction of sp³-hybridized carbons (Fsp3) is 0.636. The molecule has 1 amide bonds. The first-order chi connectivity index (χ1) is 7.93. The second-order valence-corrected chi connectivity index (χ2v) is 4.30. The summed E-state index contributed by atoms with van der Waals surface area (Å²) in [4.78, 5) is 20.7. The third-order valence-corrected chi connectivity index (χ3v) is 2.30. The highest BCUT2D eigenvalue weighted by atomic mass is 16.2. The molecule has 1 heterocycles. The molecule has 0 unspecified atom stereocenters. The normalized spacial score (nSPS) is 10.6. The van der Waals surface area contributed by atoms with E-state index in [0.29, 0.717) is 18.2 Å². The van der Waals surface area contributed by atoms with Crippen LogP contribution in [-0.4, -0.2) is 35.0 Å². The molecule has 0 bridgehead atoms. The van der Waals surface area contributed by atoms with E-state index >= 15 is 0 Å². The van der Waals surface area contributed by atoms with Crippen LogP contribution in [0, 0.1) is 6.92 Å². The van der Waals surface area contributed by atoms with E-state index < -0.39 is 0 Å². The Balaban J connectivity index is 2.72. The van der Waals surface area contributed by atoms with Gasteiger partial charge in [0.2, 0.25) is 5.91 Å². The van der Waals surface area contributed by atoms with Gasteiger partial charge in [0.15, 0.2) is 5.82 Å². The van der Waals surface area contributed by atoms with Gasteiger partial charge in [-0.15, -0.1) is 0 Å². The quantitative estimate of drug-likeness (QED) is 0.704. The smallest absolute Gasteiger partial charge is 0.239 e. The van der Waals surface area contributed by atoms with Crippen LogP contribution in [0.5, 0.6) is 0 Å². The third-order valence-electron chi connectivity index (χ3n) is 2.30. The van der Waals surface area contributed by atoms with Gasteiger partial charge in [0.25, 0.3) is 0 Å². The number of aromatic amines is 1. The lowest BCUT2D eigenvalue weighted by atomic mass is 10.3. The molecule has 0 aliphatic rings. The Bertz CT molecular complexity index is 385. The Labute approximate surface area is 102 Å². The zero-order valence-corrected chi connectivity index (χ0v) is 10.9. The standard InChI is InChI=1S/C11H21N5O/c1-5-16(6-9(17)13-7(2)3)11-10(12)14-8(4)15-11/h7H,5-6,12H2,1-4H3,(H,13,17)(H,14,15). The number of likely N-dealkylation sites (N-methyl/N-ethyl adjacent to an activating group) is 1. The fourth-order valence-corrected chi connectivity index (χ4v) is 1.62. The largest absolute Gasteiger partial charge is 0.382 e. The molecule has 0 spiro atoms. The molecule has 1 rings (SSSR count). The molecular formula is C11H21N5O. The molecule has 4 N–H and O–H groups in total. The molecule has 96 valence electrons. The van der Waals surface area contributed by atoms with Crippen molar-refractivity contribution >= 4 is 17.5 Å². The maximum absolute atomic E-state index is 11.7. The molecule has 0 aromatic carbocycles. The number of aromatic nitrogens is 2. The van der Waals surface area contributed by atoms with E-state index in [1.165, 1.54) is 0 Å². The number of H-pyrrole nitrogens is 1. The maximum Gasteiger partial charge on any atom is 0.239 e. The van der Waals surface area contributed by atoms with E-state index in [9.17, 15) is 4.79 Å². The number of carbonyl (C=O) groups is 1. The minimum Gasteiger partial charge on any atom is -0.382 e. The van der Waals surface area contributed by atoms with Crippen molar-refractivity contribution in [3.8, 4) is 0 Å². The molecule has 0 radical (unpaired) electrons. The summed E-state index contributed by atoms with van der Waals surface area (Å²) in [5, 5.41) is 2.84. The first-order valence-electron chi connectivity index (χ1n) is 5.80. The highest BCUT2D eigenvalue weighted by molar-refractivity contribution is 5.82. The van der Waals surface area contributed by atoms with Crippen LogP contribution in [0.1, 0.15) is 26.6 Å². The van der Waals surface area contributed by atoms with Crippen molar-refractivity contribution in [3.63, 3.8) is 0 Å². The number of nitrogens with zero attached hydrogens (tertiary/aromatic N) is 2. The highest BCUT2D eigenvalue weighted by Gasteiger charge is 2.16. The van der Waals surface area contributed by atoms with E-state index in [1.807, 2.05) is 32.6 Å². The summed E-state index contributed by atoms with van der Waals surface area (Å²) in [7, 11) is 0. The molecule has 0 atom stereocenters. The number of anilines is 2. The van der Waals surface area contributed by atoms with Crippen molar-refractivity contribution in [3.05, 3.63) is 5.82 Å². The molecule has 0 aliphatic carbocycles. The van der Waals surface area contributed by atoms with Crippen molar-refractivity contribution in [2.24, 2.45) is 0 Å². The van der Waals surface area contributed by atoms with Crippen LogP contribution in [0.25, 0.3) is 0 Å². The number of hydrogen-bond acceptors (Lipinski definition) is 4. The first-order valence-corrected chi connectivity index (χ1v) is 5.80. The van der Waals surface area contributed by atoms with Crippen LogP contribution in [0.2, 0.25) is 0 Å². The Morgan fingerprint density at radius 2 is 2.24 bits per heavy atom. The summed E-state index contributed by atoms with van der Waals surface area (Å²) in [5.41, 5.74) is 5.80. The Morgan fingerprint density at radius 1 is 1.59 bits per heavy atom. The van der Waals surface area contributed by atoms with Gasteiger partial charge in [0, 0.05) is 12.6 Å². The number of imidazole rings is 1. The van der Waals surface area contributed by atoms with Crippen molar-refractivity contribution in [2.45, 2.75) is 33.7 Å². The minimum absolute atomic E-state index is 0.0260. The van der Waals surface area contributed by atoms with E-state index in [2.05, 4.69) is 15.3 Å². The second kappa shape index (κ2) is 5.56. The van der Waals surface area contributed by atoms with Crippen LogP contribution in [0.15, 0.2) is 0 Å². The van der Waals surface area contributed by atoms with Gasteiger partial charge >= 0.3 is 0 Å². The van der Waals surface area contributed by atoms with Gasteiger partial charge < -0.3 is 20.9 Å². The topological polar surface area (TPSA) is 87.0 Å². The molecule has 6 nitrogen and oxygen atoms in total. The molecule has 1 aromatic heterocycles. The van der Waals surface area contributed by atoms with Gasteiger partial charge in [-0.1, -0.05) is 0 Å². The van der Waals surface area contributed by atoms with Crippen LogP contribution in [0.3, 0.4) is 0 Å². The van der Waals surface area contributed by atoms with Crippen LogP contribution < -0.4 is 16.0 Å². The summed E-state index contributed by atoms with van der Waals surface area (Å²) in [6.07, 6.45) is 0. The van der Waals surface area contributed by atoms with Crippen molar-refractivity contribution < 1.29 is 4.79 Å². The molecule has 17 heavy (non-hydrogen) atoms. The minimum atomic E-state index is -0.0260. The van der Waals surface area contributed by atoms with Crippen molar-refractivity contribution in [1.82, 2.24) is 15.3 Å². The molecule has 0 fully saturated rings. The predicted molar refractivity (Wildman–Crippen MR) is 68.9 cm³/mol. The van der Waals surface area contributed by atoms with E-state index in [-0.39, 0.29) is 18.5 Å². The summed E-state index contributed by atoms with van der Waals surface area (Å²) < 4.78 is 0. The third kappa shape index (κ3) is 3.65. The van der Waals surface area contributed by atoms with Gasteiger partial charge in [-0.2, -0.15) is 0 Å². The Hall–Kier alpha value is -1.72. The number of hydrogen-bond donors (Lipinski definition) is 3. The highest BCUT2D eigenvalue weighted by Crippen LogP contribution is 2.18. The Morgan fingerprint density at radius 3 is 2.65 bits per heavy atom. The zero-order valence-electron chi connectivity index (χ0n) is 10.9. The second-order valence-electron chi connectivity index (χ2n) is 4.30. The van der Waals surface area contributed by atoms with Crippen LogP contribution in [0.4, 0.5) is 11.6 Å². The average molecular weight is 239 g/mol. The molecule has 6 heteroatoms. The summed E-state index contributed by atoms with van der Waals surface area (Å²) in [6, 6.07) is 0.138. The number of aryl methyl sites for hydroxylation is 1. The predicted octanol–water partition coefficient (Wildman–Crippen LogP) is 0.651. The maximum atomic E-state index is 11.7. The van der Waals surface area contributed by atoms with Gasteiger partial charge in [-0.05, 0) is 27.7 Å². The fourth-order valence-electron chi connectivity index (χ4n) is 1.62. The van der Waals surface area contributed by atoms with Crippen LogP contribution >= 0.6 is 0 Å². The molecule has 1 aromatic rings. The average Bonchev–Trinajstić information content (AvgIpc) is 2.53. The lowest BCUT2D eigenvalue weighted by Crippen LogP contribution is -2.40. The van der Waals surface area contributed by atoms with E-state index in [1.54, 1.807) is 0 Å². The number of carbonyl (C=O) groups excluding carboxylic acids is 1. The number of rotatable bonds is 5. The van der Waals surface area contributed by atoms with Gasteiger partial charge in [0.1, 0.15) is 11.6 Å². The SMILES string of the molecule is CCN(CC(=O)NC(C)C)c1nc(C)[nH]c1N. The van der Waals surface area contributed by atoms with Crippen LogP contribution in [-0.2, 0) is 4.79 Å². The van der Waals surface area contributed by atoms with E-state index in [4.69, 9.17) is 5.73 Å². The number of nitrogen functional groups attached to an aromatic ring is 1. The summed E-state index contributed by atoms with van der Waals surface area (Å²) in [6.45, 7) is 8.61. The molecule has 0 saturated carbocycles. The van der Waals surface area contributed by atoms with E-state index in [0.717, 1.165) is 5.82 Å². The molecular weight excluding hydrogens is 218 g/mol. The van der Waals surface area contributed by atoms with Gasteiger partial charge in [-0.3, -0.25) is 4.79 Å². The summed E-state index contributed by atoms with van der Waals surface area (Å²) in [5.74, 6) is 1.87. The van der Waals surface area contributed by atoms with Gasteiger partial charge in [-0.25, -0.2) is 4.98 Å². The number of nitrogens with one attached hydrogen (secondary N) is 2. The first kappa shape index (κ1) is 13.3. The van der Waals surface area contributed by atoms with Gasteiger partial charge in [0.05, 0.1) is 6.54 Å². The molecule has 0 saturated heterocycles. The Kier molecular flexibility index (Phi) is 4.37. The van der Waals surface area contributed by atoms with Crippen molar-refractivity contribution in [1.29, 1.82) is 0 Å². The number of amides is 1. The zero-order chi connectivity index (χ0) is 13.0. The number of nitrogens with two attached hydrogens (primary N) is 1. The monoisotopic (exact) mass is 239 g/mol. The summed E-state index contributed by atoms with van der Waals surface area (Å²) >= 11 is 0.